The Morgan fingerprint density at radius 3 is 2.43 bits per heavy atom. The number of hydrogen-bond acceptors (Lipinski definition) is 3. The maximum Gasteiger partial charge on any atom is 0.259 e. The van der Waals surface area contributed by atoms with Crippen molar-refractivity contribution in [2.24, 2.45) is 5.41 Å². The Hall–Kier alpha value is -2.67. The number of allylic oxidation sites excluding steroid dienone is 1. The smallest absolute Gasteiger partial charge is 0.259 e. The molecule has 0 spiro atoms. The van der Waals surface area contributed by atoms with Gasteiger partial charge in [0.15, 0.2) is 0 Å². The normalized spacial score (nSPS) is 12.0. The minimum atomic E-state index is -0.296. The Balaban J connectivity index is 2.43. The zero-order valence-corrected chi connectivity index (χ0v) is 12.4. The molecule has 2 rings (SSSR count). The van der Waals surface area contributed by atoms with Gasteiger partial charge in [0.1, 0.15) is 6.33 Å². The fourth-order valence-electron chi connectivity index (χ4n) is 1.94. The molecule has 0 saturated heterocycles. The summed E-state index contributed by atoms with van der Waals surface area (Å²) in [6, 6.07) is 9.25. The predicted octanol–water partition coefficient (Wildman–Crippen LogP) is 3.52. The number of imidazole rings is 1. The maximum absolute atomic E-state index is 12.6. The lowest BCUT2D eigenvalue weighted by molar-refractivity contribution is 0.0935. The van der Waals surface area contributed by atoms with Crippen molar-refractivity contribution >= 4 is 12.0 Å². The summed E-state index contributed by atoms with van der Waals surface area (Å²) in [5.74, 6) is -0.0932. The van der Waals surface area contributed by atoms with Gasteiger partial charge in [0.2, 0.25) is 0 Å². The second-order valence-electron chi connectivity index (χ2n) is 5.82. The molecule has 0 aliphatic carbocycles. The van der Waals surface area contributed by atoms with Crippen LogP contribution in [0.1, 0.15) is 36.7 Å². The summed E-state index contributed by atoms with van der Waals surface area (Å²) in [4.78, 5) is 16.5. The summed E-state index contributed by atoms with van der Waals surface area (Å²) in [5, 5.41) is 8.82. The minimum absolute atomic E-state index is 0.0932. The lowest BCUT2D eigenvalue weighted by atomic mass is 9.84. The molecule has 1 aromatic heterocycles. The number of carbonyl (C=O) groups excluding carboxylic acids is 1. The van der Waals surface area contributed by atoms with E-state index in [9.17, 15) is 4.79 Å². The van der Waals surface area contributed by atoms with Crippen LogP contribution in [0.2, 0.25) is 0 Å². The molecule has 0 bridgehead atoms. The van der Waals surface area contributed by atoms with Crippen LogP contribution >= 0.6 is 0 Å². The van der Waals surface area contributed by atoms with Crippen LogP contribution in [0.5, 0.6) is 0 Å². The third kappa shape index (κ3) is 3.46. The van der Waals surface area contributed by atoms with Crippen LogP contribution in [0, 0.1) is 16.7 Å². The summed E-state index contributed by atoms with van der Waals surface area (Å²) in [5.41, 5.74) is 1.89. The van der Waals surface area contributed by atoms with Crippen LogP contribution in [0.15, 0.2) is 48.6 Å². The van der Waals surface area contributed by atoms with Gasteiger partial charge in [0.25, 0.3) is 5.91 Å². The van der Waals surface area contributed by atoms with Crippen LogP contribution in [-0.2, 0) is 0 Å². The number of aromatic nitrogens is 2. The first-order valence-corrected chi connectivity index (χ1v) is 6.67. The maximum atomic E-state index is 12.6. The van der Waals surface area contributed by atoms with Gasteiger partial charge in [-0.1, -0.05) is 32.9 Å². The van der Waals surface area contributed by atoms with Crippen molar-refractivity contribution < 1.29 is 4.79 Å². The van der Waals surface area contributed by atoms with Gasteiger partial charge in [0.05, 0.1) is 11.6 Å². The molecule has 0 amide bonds. The first-order valence-electron chi connectivity index (χ1n) is 6.67. The van der Waals surface area contributed by atoms with Gasteiger partial charge in [-0.15, -0.1) is 0 Å². The number of nitriles is 1. The summed E-state index contributed by atoms with van der Waals surface area (Å²) >= 11 is 0. The monoisotopic (exact) mass is 279 g/mol. The molecule has 0 unspecified atom stereocenters. The molecule has 0 radical (unpaired) electrons. The fraction of sp³-hybridized carbons (Fsp3) is 0.235. The molecule has 0 atom stereocenters. The molecular formula is C17H17N3O. The molecule has 106 valence electrons. The number of nitrogens with zero attached hydrogens (tertiary/aromatic N) is 3. The summed E-state index contributed by atoms with van der Waals surface area (Å²) in [6.07, 6.45) is 6.59. The lowest BCUT2D eigenvalue weighted by Crippen LogP contribution is -2.22. The van der Waals surface area contributed by atoms with Crippen molar-refractivity contribution in [3.8, 4) is 6.07 Å². The van der Waals surface area contributed by atoms with Gasteiger partial charge in [-0.3, -0.25) is 9.36 Å². The standard InChI is InChI=1S/C17H17N3O/c1-17(2,3)15(16(21)20-9-8-19-12-20)10-13-4-6-14(11-18)7-5-13/h4-10,12H,1-3H3/b15-10-. The molecule has 1 heterocycles. The zero-order valence-electron chi connectivity index (χ0n) is 12.4. The highest BCUT2D eigenvalue weighted by molar-refractivity contribution is 6.00. The van der Waals surface area contributed by atoms with Crippen LogP contribution in [0.4, 0.5) is 0 Å². The van der Waals surface area contributed by atoms with E-state index in [1.54, 1.807) is 24.5 Å². The lowest BCUT2D eigenvalue weighted by Gasteiger charge is -2.22. The van der Waals surface area contributed by atoms with E-state index in [-0.39, 0.29) is 11.3 Å². The molecule has 0 fully saturated rings. The minimum Gasteiger partial charge on any atom is -0.273 e. The molecule has 1 aromatic carbocycles. The van der Waals surface area contributed by atoms with Crippen molar-refractivity contribution in [3.05, 3.63) is 59.7 Å². The Bertz CT molecular complexity index is 696. The number of hydrogen-bond donors (Lipinski definition) is 0. The van der Waals surface area contributed by atoms with E-state index in [2.05, 4.69) is 11.1 Å². The summed E-state index contributed by atoms with van der Waals surface area (Å²) in [7, 11) is 0. The third-order valence-electron chi connectivity index (χ3n) is 3.13. The molecule has 4 nitrogen and oxygen atoms in total. The average molecular weight is 279 g/mol. The number of benzene rings is 1. The van der Waals surface area contributed by atoms with Crippen molar-refractivity contribution in [1.29, 1.82) is 5.26 Å². The molecule has 2 aromatic rings. The summed E-state index contributed by atoms with van der Waals surface area (Å²) in [6.45, 7) is 5.99. The van der Waals surface area contributed by atoms with Crippen LogP contribution < -0.4 is 0 Å². The fourth-order valence-corrected chi connectivity index (χ4v) is 1.94. The van der Waals surface area contributed by atoms with Gasteiger partial charge in [0, 0.05) is 18.0 Å². The van der Waals surface area contributed by atoms with Gasteiger partial charge in [-0.2, -0.15) is 5.26 Å². The van der Waals surface area contributed by atoms with Crippen molar-refractivity contribution in [3.63, 3.8) is 0 Å². The average Bonchev–Trinajstić information content (AvgIpc) is 2.97. The summed E-state index contributed by atoms with van der Waals surface area (Å²) < 4.78 is 1.47. The molecule has 4 heteroatoms. The second kappa shape index (κ2) is 5.76. The van der Waals surface area contributed by atoms with Crippen molar-refractivity contribution in [1.82, 2.24) is 9.55 Å². The van der Waals surface area contributed by atoms with E-state index in [1.165, 1.54) is 10.9 Å². The Labute approximate surface area is 124 Å². The number of rotatable bonds is 2. The molecule has 21 heavy (non-hydrogen) atoms. The first kappa shape index (κ1) is 14.7. The largest absolute Gasteiger partial charge is 0.273 e. The molecule has 0 aliphatic heterocycles. The van der Waals surface area contributed by atoms with E-state index >= 15 is 0 Å². The van der Waals surface area contributed by atoms with E-state index in [4.69, 9.17) is 5.26 Å². The Morgan fingerprint density at radius 2 is 1.95 bits per heavy atom. The van der Waals surface area contributed by atoms with Gasteiger partial charge in [-0.05, 0) is 29.2 Å². The quantitative estimate of drug-likeness (QED) is 0.790. The Morgan fingerprint density at radius 1 is 1.29 bits per heavy atom. The molecule has 0 aliphatic rings. The third-order valence-corrected chi connectivity index (χ3v) is 3.13. The van der Waals surface area contributed by atoms with Crippen LogP contribution in [0.3, 0.4) is 0 Å². The van der Waals surface area contributed by atoms with Crippen LogP contribution in [-0.4, -0.2) is 15.5 Å². The Kier molecular flexibility index (Phi) is 4.04. The van der Waals surface area contributed by atoms with Crippen LogP contribution in [0.25, 0.3) is 6.08 Å². The molecular weight excluding hydrogens is 262 g/mol. The molecule has 0 N–H and O–H groups in total. The zero-order chi connectivity index (χ0) is 15.5. The van der Waals surface area contributed by atoms with Gasteiger partial charge >= 0.3 is 0 Å². The van der Waals surface area contributed by atoms with E-state index in [0.717, 1.165) is 5.56 Å². The van der Waals surface area contributed by atoms with Gasteiger partial charge in [-0.25, -0.2) is 4.98 Å². The van der Waals surface area contributed by atoms with E-state index in [0.29, 0.717) is 11.1 Å². The van der Waals surface area contributed by atoms with E-state index < -0.39 is 0 Å². The van der Waals surface area contributed by atoms with E-state index in [1.807, 2.05) is 39.0 Å². The highest BCUT2D eigenvalue weighted by Crippen LogP contribution is 2.28. The number of carbonyl (C=O) groups is 1. The molecule has 0 saturated carbocycles. The topological polar surface area (TPSA) is 58.7 Å². The van der Waals surface area contributed by atoms with Crippen molar-refractivity contribution in [2.45, 2.75) is 20.8 Å². The first-order chi connectivity index (χ1) is 9.91. The predicted molar refractivity (Wildman–Crippen MR) is 81.4 cm³/mol. The second-order valence-corrected chi connectivity index (χ2v) is 5.82. The highest BCUT2D eigenvalue weighted by Gasteiger charge is 2.24. The van der Waals surface area contributed by atoms with Gasteiger partial charge < -0.3 is 0 Å². The SMILES string of the molecule is CC(C)(C)/C(=C\c1ccc(C#N)cc1)C(=O)n1ccnc1. The highest BCUT2D eigenvalue weighted by atomic mass is 16.2. The van der Waals surface area contributed by atoms with Crippen molar-refractivity contribution in [2.75, 3.05) is 0 Å².